The van der Waals surface area contributed by atoms with Crippen molar-refractivity contribution in [3.8, 4) is 0 Å². The van der Waals surface area contributed by atoms with E-state index in [-0.39, 0.29) is 11.8 Å². The van der Waals surface area contributed by atoms with Crippen LogP contribution in [0.15, 0.2) is 0 Å². The fraction of sp³-hybridized carbons (Fsp3) is 0.857. The molecule has 0 atom stereocenters. The summed E-state index contributed by atoms with van der Waals surface area (Å²) >= 11 is 0. The molecule has 0 radical (unpaired) electrons. The topological polar surface area (TPSA) is 69.6 Å². The van der Waals surface area contributed by atoms with Gasteiger partial charge in [-0.15, -0.1) is 0 Å². The molecule has 1 fully saturated rings. The van der Waals surface area contributed by atoms with Crippen molar-refractivity contribution in [3.05, 3.63) is 0 Å². The molecule has 2 N–H and O–H groups in total. The molecule has 1 rings (SSSR count). The van der Waals surface area contributed by atoms with Crippen LogP contribution in [-0.4, -0.2) is 47.6 Å². The summed E-state index contributed by atoms with van der Waals surface area (Å²) in [5.41, 5.74) is -0.551. The molecule has 0 aromatic rings. The quantitative estimate of drug-likeness (QED) is 0.680. The van der Waals surface area contributed by atoms with E-state index >= 15 is 0 Å². The number of hydrogen-bond acceptors (Lipinski definition) is 3. The highest BCUT2D eigenvalue weighted by Crippen LogP contribution is 2.32. The maximum Gasteiger partial charge on any atom is 0.222 e. The average molecular weight is 270 g/mol. The lowest BCUT2D eigenvalue weighted by Crippen LogP contribution is -2.34. The molecule has 0 bridgehead atoms. The number of hydrogen-bond donors (Lipinski definition) is 2. The summed E-state index contributed by atoms with van der Waals surface area (Å²) in [4.78, 5) is 24.2. The third-order valence-corrected chi connectivity index (χ3v) is 3.81. The number of carbonyl (C=O) groups is 2. The maximum absolute atomic E-state index is 11.8. The van der Waals surface area contributed by atoms with Crippen LogP contribution in [0.5, 0.6) is 0 Å². The van der Waals surface area contributed by atoms with E-state index in [1.165, 1.54) is 6.92 Å². The summed E-state index contributed by atoms with van der Waals surface area (Å²) < 4.78 is 0. The van der Waals surface area contributed by atoms with Gasteiger partial charge in [0.15, 0.2) is 0 Å². The number of nitrogens with one attached hydrogen (secondary N) is 1. The smallest absolute Gasteiger partial charge is 0.222 e. The second kappa shape index (κ2) is 7.48. The summed E-state index contributed by atoms with van der Waals surface area (Å²) in [7, 11) is 1.78. The first kappa shape index (κ1) is 16.0. The van der Waals surface area contributed by atoms with Crippen LogP contribution in [0.2, 0.25) is 0 Å². The van der Waals surface area contributed by atoms with Crippen LogP contribution >= 0.6 is 0 Å². The van der Waals surface area contributed by atoms with Crippen LogP contribution in [0.1, 0.15) is 51.9 Å². The highest BCUT2D eigenvalue weighted by Gasteiger charge is 2.31. The minimum Gasteiger partial charge on any atom is -0.390 e. The van der Waals surface area contributed by atoms with Crippen molar-refractivity contribution >= 4 is 11.8 Å². The molecule has 110 valence electrons. The summed E-state index contributed by atoms with van der Waals surface area (Å²) in [5, 5.41) is 12.9. The molecule has 0 unspecified atom stereocenters. The predicted octanol–water partition coefficient (Wildman–Crippen LogP) is 1.06. The lowest BCUT2D eigenvalue weighted by molar-refractivity contribution is -0.130. The first-order valence-corrected chi connectivity index (χ1v) is 7.14. The van der Waals surface area contributed by atoms with Crippen molar-refractivity contribution in [2.45, 2.75) is 57.5 Å². The van der Waals surface area contributed by atoms with Gasteiger partial charge in [-0.05, 0) is 25.7 Å². The fourth-order valence-corrected chi connectivity index (χ4v) is 2.48. The molecule has 19 heavy (non-hydrogen) atoms. The van der Waals surface area contributed by atoms with Crippen LogP contribution in [0, 0.1) is 0 Å². The first-order chi connectivity index (χ1) is 8.93. The molecule has 0 aromatic carbocycles. The predicted molar refractivity (Wildman–Crippen MR) is 73.6 cm³/mol. The molecule has 0 heterocycles. The normalized spacial score (nSPS) is 17.2. The van der Waals surface area contributed by atoms with Crippen molar-refractivity contribution in [1.82, 2.24) is 10.2 Å². The Morgan fingerprint density at radius 2 is 1.95 bits per heavy atom. The van der Waals surface area contributed by atoms with Gasteiger partial charge in [0.2, 0.25) is 11.8 Å². The second-order valence-electron chi connectivity index (χ2n) is 5.58. The van der Waals surface area contributed by atoms with Gasteiger partial charge >= 0.3 is 0 Å². The number of carbonyl (C=O) groups excluding carboxylic acids is 2. The van der Waals surface area contributed by atoms with Crippen molar-refractivity contribution in [1.29, 1.82) is 0 Å². The number of amides is 2. The zero-order valence-electron chi connectivity index (χ0n) is 12.1. The molecule has 1 aliphatic rings. The molecule has 1 saturated carbocycles. The Labute approximate surface area is 115 Å². The fourth-order valence-electron chi connectivity index (χ4n) is 2.48. The lowest BCUT2D eigenvalue weighted by atomic mass is 9.98. The minimum absolute atomic E-state index is 0.0655. The number of nitrogens with zero attached hydrogens (tertiary/aromatic N) is 1. The number of aliphatic hydroxyl groups is 1. The molecule has 5 nitrogen and oxygen atoms in total. The van der Waals surface area contributed by atoms with Gasteiger partial charge < -0.3 is 15.3 Å². The molecule has 0 aromatic heterocycles. The highest BCUT2D eigenvalue weighted by molar-refractivity contribution is 5.76. The molecular formula is C14H26N2O3. The zero-order chi connectivity index (χ0) is 14.3. The summed E-state index contributed by atoms with van der Waals surface area (Å²) in [6, 6.07) is 0. The average Bonchev–Trinajstić information content (AvgIpc) is 2.78. The standard InChI is InChI=1S/C14H26N2O3/c1-12(17)15-10-5-6-13(18)16(2)11-9-14(19)7-3-4-8-14/h19H,3-11H2,1-2H3,(H,15,17). The number of rotatable bonds is 7. The van der Waals surface area contributed by atoms with Crippen LogP contribution in [-0.2, 0) is 9.59 Å². The van der Waals surface area contributed by atoms with Gasteiger partial charge in [0, 0.05) is 33.5 Å². The van der Waals surface area contributed by atoms with Crippen molar-refractivity contribution in [2.24, 2.45) is 0 Å². The molecular weight excluding hydrogens is 244 g/mol. The zero-order valence-corrected chi connectivity index (χ0v) is 12.1. The van der Waals surface area contributed by atoms with Gasteiger partial charge in [-0.1, -0.05) is 12.8 Å². The molecule has 0 aliphatic heterocycles. The Morgan fingerprint density at radius 1 is 1.32 bits per heavy atom. The molecule has 2 amide bonds. The van der Waals surface area contributed by atoms with Gasteiger partial charge in [-0.3, -0.25) is 9.59 Å². The summed E-state index contributed by atoms with van der Waals surface area (Å²) in [5.74, 6) is 0.0104. The Bertz CT molecular complexity index is 312. The van der Waals surface area contributed by atoms with E-state index in [9.17, 15) is 14.7 Å². The molecule has 0 saturated heterocycles. The monoisotopic (exact) mass is 270 g/mol. The van der Waals surface area contributed by atoms with E-state index in [0.717, 1.165) is 25.7 Å². The van der Waals surface area contributed by atoms with Crippen molar-refractivity contribution < 1.29 is 14.7 Å². The largest absolute Gasteiger partial charge is 0.390 e. The van der Waals surface area contributed by atoms with Crippen molar-refractivity contribution in [2.75, 3.05) is 20.1 Å². The Balaban J connectivity index is 2.15. The lowest BCUT2D eigenvalue weighted by Gasteiger charge is -2.25. The molecule has 1 aliphatic carbocycles. The Kier molecular flexibility index (Phi) is 6.28. The first-order valence-electron chi connectivity index (χ1n) is 7.14. The van der Waals surface area contributed by atoms with Crippen LogP contribution < -0.4 is 5.32 Å². The van der Waals surface area contributed by atoms with Crippen molar-refractivity contribution in [3.63, 3.8) is 0 Å². The van der Waals surface area contributed by atoms with E-state index in [1.807, 2.05) is 0 Å². The summed E-state index contributed by atoms with van der Waals surface area (Å²) in [6.07, 6.45) is 5.66. The van der Waals surface area contributed by atoms with Crippen LogP contribution in [0.4, 0.5) is 0 Å². The molecule has 0 spiro atoms. The van der Waals surface area contributed by atoms with E-state index < -0.39 is 5.60 Å². The van der Waals surface area contributed by atoms with E-state index in [4.69, 9.17) is 0 Å². The Morgan fingerprint density at radius 3 is 2.53 bits per heavy atom. The van der Waals surface area contributed by atoms with Gasteiger partial charge in [0.1, 0.15) is 0 Å². The third kappa shape index (κ3) is 6.05. The summed E-state index contributed by atoms with van der Waals surface area (Å²) in [6.45, 7) is 2.62. The highest BCUT2D eigenvalue weighted by atomic mass is 16.3. The Hall–Kier alpha value is -1.10. The van der Waals surface area contributed by atoms with E-state index in [0.29, 0.717) is 32.4 Å². The van der Waals surface area contributed by atoms with Crippen LogP contribution in [0.3, 0.4) is 0 Å². The van der Waals surface area contributed by atoms with Gasteiger partial charge in [-0.25, -0.2) is 0 Å². The van der Waals surface area contributed by atoms with E-state index in [1.54, 1.807) is 11.9 Å². The minimum atomic E-state index is -0.551. The van der Waals surface area contributed by atoms with E-state index in [2.05, 4.69) is 5.32 Å². The van der Waals surface area contributed by atoms with Gasteiger partial charge in [0.05, 0.1) is 5.60 Å². The third-order valence-electron chi connectivity index (χ3n) is 3.81. The van der Waals surface area contributed by atoms with Crippen LogP contribution in [0.25, 0.3) is 0 Å². The maximum atomic E-state index is 11.8. The SMILES string of the molecule is CC(=O)NCCCC(=O)N(C)CCC1(O)CCCC1. The second-order valence-corrected chi connectivity index (χ2v) is 5.58. The molecule has 5 heteroatoms. The van der Waals surface area contributed by atoms with Gasteiger partial charge in [-0.2, -0.15) is 0 Å². The van der Waals surface area contributed by atoms with Gasteiger partial charge in [0.25, 0.3) is 0 Å².